The Bertz CT molecular complexity index is 584. The molecular formula is C14H11BrF2IN. The molecule has 0 heterocycles. The van der Waals surface area contributed by atoms with E-state index in [1.54, 1.807) is 7.05 Å². The van der Waals surface area contributed by atoms with E-state index in [4.69, 9.17) is 0 Å². The molecule has 0 saturated carbocycles. The van der Waals surface area contributed by atoms with Gasteiger partial charge in [0.2, 0.25) is 0 Å². The average Bonchev–Trinajstić information content (AvgIpc) is 2.33. The number of benzene rings is 2. The molecule has 100 valence electrons. The van der Waals surface area contributed by atoms with E-state index in [1.165, 1.54) is 12.1 Å². The molecule has 0 aliphatic rings. The molecule has 0 aromatic heterocycles. The van der Waals surface area contributed by atoms with Crippen molar-refractivity contribution in [1.29, 1.82) is 0 Å². The van der Waals surface area contributed by atoms with Crippen molar-refractivity contribution in [1.82, 2.24) is 5.32 Å². The predicted octanol–water partition coefficient (Wildman–Crippen LogP) is 4.64. The number of hydrogen-bond acceptors (Lipinski definition) is 1. The predicted molar refractivity (Wildman–Crippen MR) is 84.1 cm³/mol. The van der Waals surface area contributed by atoms with Crippen molar-refractivity contribution in [2.24, 2.45) is 0 Å². The van der Waals surface area contributed by atoms with Gasteiger partial charge in [-0.05, 0) is 71.1 Å². The molecule has 0 spiro atoms. The summed E-state index contributed by atoms with van der Waals surface area (Å²) in [6.07, 6.45) is 0. The third kappa shape index (κ3) is 3.52. The normalized spacial score (nSPS) is 12.5. The van der Waals surface area contributed by atoms with Crippen molar-refractivity contribution in [3.05, 3.63) is 67.2 Å². The van der Waals surface area contributed by atoms with Crippen LogP contribution in [0.1, 0.15) is 17.2 Å². The van der Waals surface area contributed by atoms with Crippen LogP contribution in [0.15, 0.2) is 40.9 Å². The van der Waals surface area contributed by atoms with E-state index in [1.807, 2.05) is 18.2 Å². The zero-order valence-corrected chi connectivity index (χ0v) is 13.8. The number of nitrogens with one attached hydrogen (secondary N) is 1. The molecule has 2 aromatic carbocycles. The second kappa shape index (κ2) is 6.28. The molecule has 0 amide bonds. The van der Waals surface area contributed by atoms with Crippen LogP contribution in [0.4, 0.5) is 8.78 Å². The summed E-state index contributed by atoms with van der Waals surface area (Å²) in [4.78, 5) is 0. The summed E-state index contributed by atoms with van der Waals surface area (Å²) in [6.45, 7) is 0. The van der Waals surface area contributed by atoms with Gasteiger partial charge in [-0.3, -0.25) is 0 Å². The summed E-state index contributed by atoms with van der Waals surface area (Å²) >= 11 is 5.68. The minimum atomic E-state index is -0.572. The minimum Gasteiger partial charge on any atom is -0.309 e. The van der Waals surface area contributed by atoms with Crippen LogP contribution in [0.25, 0.3) is 0 Å². The fourth-order valence-corrected chi connectivity index (χ4v) is 2.97. The SMILES string of the molecule is CNC(c1cc(F)cc(F)c1)c1cc(I)ccc1Br. The second-order valence-electron chi connectivity index (χ2n) is 4.09. The van der Waals surface area contributed by atoms with Gasteiger partial charge in [0.1, 0.15) is 11.6 Å². The maximum absolute atomic E-state index is 13.3. The van der Waals surface area contributed by atoms with Gasteiger partial charge in [-0.25, -0.2) is 8.78 Å². The van der Waals surface area contributed by atoms with Crippen molar-refractivity contribution in [3.63, 3.8) is 0 Å². The van der Waals surface area contributed by atoms with E-state index < -0.39 is 11.6 Å². The molecule has 1 unspecified atom stereocenters. The molecule has 0 aliphatic carbocycles. The number of hydrogen-bond donors (Lipinski definition) is 1. The lowest BCUT2D eigenvalue weighted by Crippen LogP contribution is -2.18. The topological polar surface area (TPSA) is 12.0 Å². The first kappa shape index (κ1) is 14.9. The molecule has 0 fully saturated rings. The van der Waals surface area contributed by atoms with Gasteiger partial charge >= 0.3 is 0 Å². The van der Waals surface area contributed by atoms with Gasteiger partial charge in [-0.1, -0.05) is 15.9 Å². The van der Waals surface area contributed by atoms with Crippen LogP contribution in [-0.4, -0.2) is 7.05 Å². The molecule has 0 saturated heterocycles. The molecular weight excluding hydrogens is 427 g/mol. The maximum atomic E-state index is 13.3. The lowest BCUT2D eigenvalue weighted by atomic mass is 9.99. The highest BCUT2D eigenvalue weighted by molar-refractivity contribution is 14.1. The van der Waals surface area contributed by atoms with Crippen LogP contribution in [-0.2, 0) is 0 Å². The summed E-state index contributed by atoms with van der Waals surface area (Å²) in [7, 11) is 1.76. The molecule has 1 atom stereocenters. The Labute approximate surface area is 132 Å². The van der Waals surface area contributed by atoms with E-state index in [2.05, 4.69) is 43.8 Å². The first-order valence-corrected chi connectivity index (χ1v) is 7.46. The maximum Gasteiger partial charge on any atom is 0.126 e. The Kier molecular flexibility index (Phi) is 4.92. The van der Waals surface area contributed by atoms with Crippen molar-refractivity contribution in [2.75, 3.05) is 7.05 Å². The summed E-state index contributed by atoms with van der Waals surface area (Å²) in [5.41, 5.74) is 1.50. The van der Waals surface area contributed by atoms with Crippen LogP contribution in [0.3, 0.4) is 0 Å². The molecule has 0 bridgehead atoms. The molecule has 1 N–H and O–H groups in total. The highest BCUT2D eigenvalue weighted by atomic mass is 127. The summed E-state index contributed by atoms with van der Waals surface area (Å²) in [6, 6.07) is 9.17. The number of halogens is 4. The van der Waals surface area contributed by atoms with E-state index in [9.17, 15) is 8.78 Å². The van der Waals surface area contributed by atoms with Crippen LogP contribution >= 0.6 is 38.5 Å². The Morgan fingerprint density at radius 2 is 1.74 bits per heavy atom. The van der Waals surface area contributed by atoms with E-state index in [0.29, 0.717) is 5.56 Å². The van der Waals surface area contributed by atoms with Gasteiger partial charge in [-0.2, -0.15) is 0 Å². The van der Waals surface area contributed by atoms with Crippen LogP contribution in [0.2, 0.25) is 0 Å². The number of rotatable bonds is 3. The van der Waals surface area contributed by atoms with Crippen molar-refractivity contribution in [3.8, 4) is 0 Å². The average molecular weight is 438 g/mol. The highest BCUT2D eigenvalue weighted by Crippen LogP contribution is 2.30. The fraction of sp³-hybridized carbons (Fsp3) is 0.143. The molecule has 2 aromatic rings. The second-order valence-corrected chi connectivity index (χ2v) is 6.19. The lowest BCUT2D eigenvalue weighted by Gasteiger charge is -2.19. The third-order valence-electron chi connectivity index (χ3n) is 2.78. The standard InChI is InChI=1S/C14H11BrF2IN/c1-19-14(8-4-9(16)6-10(17)5-8)12-7-11(18)2-3-13(12)15/h2-7,14,19H,1H3. The van der Waals surface area contributed by atoms with Crippen LogP contribution in [0.5, 0.6) is 0 Å². The monoisotopic (exact) mass is 437 g/mol. The lowest BCUT2D eigenvalue weighted by molar-refractivity contribution is 0.571. The van der Waals surface area contributed by atoms with Gasteiger partial charge in [0.25, 0.3) is 0 Å². The minimum absolute atomic E-state index is 0.269. The van der Waals surface area contributed by atoms with Crippen molar-refractivity contribution < 1.29 is 8.78 Å². The third-order valence-corrected chi connectivity index (χ3v) is 4.17. The van der Waals surface area contributed by atoms with Gasteiger partial charge in [0, 0.05) is 14.1 Å². The van der Waals surface area contributed by atoms with Crippen molar-refractivity contribution in [2.45, 2.75) is 6.04 Å². The Morgan fingerprint density at radius 1 is 1.11 bits per heavy atom. The molecule has 5 heteroatoms. The van der Waals surface area contributed by atoms with Gasteiger partial charge in [0.15, 0.2) is 0 Å². The molecule has 2 rings (SSSR count). The molecule has 0 radical (unpaired) electrons. The smallest absolute Gasteiger partial charge is 0.126 e. The summed E-state index contributed by atoms with van der Waals surface area (Å²) in [5, 5.41) is 3.09. The van der Waals surface area contributed by atoms with Crippen LogP contribution < -0.4 is 5.32 Å². The van der Waals surface area contributed by atoms with E-state index in [0.717, 1.165) is 19.7 Å². The largest absolute Gasteiger partial charge is 0.309 e. The van der Waals surface area contributed by atoms with E-state index in [-0.39, 0.29) is 6.04 Å². The Balaban J connectivity index is 2.52. The van der Waals surface area contributed by atoms with E-state index >= 15 is 0 Å². The zero-order valence-electron chi connectivity index (χ0n) is 10.1. The van der Waals surface area contributed by atoms with Gasteiger partial charge < -0.3 is 5.32 Å². The molecule has 19 heavy (non-hydrogen) atoms. The first-order chi connectivity index (χ1) is 9.01. The quantitative estimate of drug-likeness (QED) is 0.689. The Hall–Kier alpha value is -0.530. The molecule has 1 nitrogen and oxygen atoms in total. The Morgan fingerprint density at radius 3 is 2.32 bits per heavy atom. The van der Waals surface area contributed by atoms with Crippen molar-refractivity contribution >= 4 is 38.5 Å². The first-order valence-electron chi connectivity index (χ1n) is 5.59. The van der Waals surface area contributed by atoms with Crippen LogP contribution in [0, 0.1) is 15.2 Å². The summed E-state index contributed by atoms with van der Waals surface area (Å²) in [5.74, 6) is -1.14. The highest BCUT2D eigenvalue weighted by Gasteiger charge is 2.17. The fourth-order valence-electron chi connectivity index (χ4n) is 1.98. The van der Waals surface area contributed by atoms with Gasteiger partial charge in [0.05, 0.1) is 6.04 Å². The summed E-state index contributed by atoms with van der Waals surface area (Å²) < 4.78 is 28.6. The zero-order chi connectivity index (χ0) is 14.0. The van der Waals surface area contributed by atoms with Gasteiger partial charge in [-0.15, -0.1) is 0 Å². The molecule has 0 aliphatic heterocycles.